The van der Waals surface area contributed by atoms with Gasteiger partial charge in [0.15, 0.2) is 0 Å². The van der Waals surface area contributed by atoms with E-state index in [9.17, 15) is 13.5 Å². The second kappa shape index (κ2) is 5.86. The summed E-state index contributed by atoms with van der Waals surface area (Å²) in [6.45, 7) is 3.93. The van der Waals surface area contributed by atoms with Crippen LogP contribution in [0.5, 0.6) is 0 Å². The molecule has 1 saturated heterocycles. The van der Waals surface area contributed by atoms with Gasteiger partial charge in [0.05, 0.1) is 23.2 Å². The molecular formula is C14H17ClN4O3S. The summed E-state index contributed by atoms with van der Waals surface area (Å²) in [6.07, 6.45) is 0.946. The van der Waals surface area contributed by atoms with Crippen molar-refractivity contribution in [2.75, 3.05) is 13.1 Å². The Morgan fingerprint density at radius 3 is 2.70 bits per heavy atom. The molecule has 2 heterocycles. The van der Waals surface area contributed by atoms with Crippen molar-refractivity contribution in [3.05, 3.63) is 40.7 Å². The van der Waals surface area contributed by atoms with Crippen molar-refractivity contribution in [2.45, 2.75) is 30.9 Å². The number of rotatable bonds is 4. The minimum atomic E-state index is -3.57. The predicted molar refractivity (Wildman–Crippen MR) is 84.6 cm³/mol. The lowest BCUT2D eigenvalue weighted by atomic mass is 10.2. The second-order valence-electron chi connectivity index (χ2n) is 5.64. The summed E-state index contributed by atoms with van der Waals surface area (Å²) in [4.78, 5) is 0.228. The summed E-state index contributed by atoms with van der Waals surface area (Å²) in [5, 5.41) is 17.7. The van der Waals surface area contributed by atoms with Crippen LogP contribution in [0.25, 0.3) is 0 Å². The van der Waals surface area contributed by atoms with Crippen LogP contribution in [-0.4, -0.2) is 45.9 Å². The lowest BCUT2D eigenvalue weighted by molar-refractivity contribution is 0.187. The minimum Gasteiger partial charge on any atom is -0.387 e. The molecule has 124 valence electrons. The fraction of sp³-hybridized carbons (Fsp3) is 0.429. The van der Waals surface area contributed by atoms with Crippen LogP contribution in [0.4, 0.5) is 0 Å². The Balaban J connectivity index is 1.76. The smallest absolute Gasteiger partial charge is 0.243 e. The van der Waals surface area contributed by atoms with Crippen LogP contribution in [0.15, 0.2) is 29.3 Å². The molecule has 2 aromatic rings. The van der Waals surface area contributed by atoms with E-state index in [1.807, 2.05) is 0 Å². The van der Waals surface area contributed by atoms with Gasteiger partial charge in [-0.3, -0.25) is 0 Å². The summed E-state index contributed by atoms with van der Waals surface area (Å²) in [6, 6.07) is 4.78. The first kappa shape index (κ1) is 16.4. The zero-order valence-corrected chi connectivity index (χ0v) is 14.3. The third kappa shape index (κ3) is 2.87. The van der Waals surface area contributed by atoms with Crippen LogP contribution in [0.3, 0.4) is 0 Å². The molecule has 1 N–H and O–H groups in total. The number of hydrogen-bond acceptors (Lipinski definition) is 5. The molecule has 0 saturated carbocycles. The number of sulfonamides is 1. The largest absolute Gasteiger partial charge is 0.387 e. The zero-order valence-electron chi connectivity index (χ0n) is 12.7. The lowest BCUT2D eigenvalue weighted by Crippen LogP contribution is -2.50. The molecule has 1 aliphatic heterocycles. The maximum Gasteiger partial charge on any atom is 0.243 e. The number of halogens is 1. The van der Waals surface area contributed by atoms with Crippen LogP contribution < -0.4 is 0 Å². The van der Waals surface area contributed by atoms with Gasteiger partial charge in [0.1, 0.15) is 5.69 Å². The van der Waals surface area contributed by atoms with Crippen LogP contribution in [0.2, 0.25) is 5.02 Å². The van der Waals surface area contributed by atoms with Crippen LogP contribution >= 0.6 is 11.6 Å². The highest BCUT2D eigenvalue weighted by molar-refractivity contribution is 7.89. The minimum absolute atomic E-state index is 0.0794. The van der Waals surface area contributed by atoms with E-state index in [4.69, 9.17) is 11.6 Å². The van der Waals surface area contributed by atoms with Crippen LogP contribution in [-0.2, 0) is 10.0 Å². The van der Waals surface area contributed by atoms with Crippen LogP contribution in [0, 0.1) is 6.92 Å². The summed E-state index contributed by atoms with van der Waals surface area (Å²) in [5.41, 5.74) is 1.02. The topological polar surface area (TPSA) is 88.3 Å². The van der Waals surface area contributed by atoms with E-state index in [0.717, 1.165) is 0 Å². The number of aromatic nitrogens is 3. The Morgan fingerprint density at radius 1 is 1.39 bits per heavy atom. The molecule has 0 spiro atoms. The quantitative estimate of drug-likeness (QED) is 0.897. The van der Waals surface area contributed by atoms with E-state index >= 15 is 0 Å². The second-order valence-corrected chi connectivity index (χ2v) is 7.95. The van der Waals surface area contributed by atoms with Crippen molar-refractivity contribution in [3.8, 4) is 0 Å². The highest BCUT2D eigenvalue weighted by Crippen LogP contribution is 2.31. The molecule has 9 heteroatoms. The number of aliphatic hydroxyl groups is 1. The molecule has 1 atom stereocenters. The molecule has 0 aliphatic carbocycles. The molecule has 1 aromatic carbocycles. The Kier molecular flexibility index (Phi) is 4.18. The number of benzene rings is 1. The average molecular weight is 357 g/mol. The summed E-state index contributed by atoms with van der Waals surface area (Å²) >= 11 is 6.01. The molecule has 23 heavy (non-hydrogen) atoms. The maximum atomic E-state index is 12.7. The van der Waals surface area contributed by atoms with Crippen molar-refractivity contribution >= 4 is 21.6 Å². The van der Waals surface area contributed by atoms with E-state index in [1.54, 1.807) is 42.9 Å². The third-order valence-electron chi connectivity index (χ3n) is 3.99. The summed E-state index contributed by atoms with van der Waals surface area (Å²) < 4.78 is 28.3. The first-order valence-electron chi connectivity index (χ1n) is 7.15. The first-order valence-corrected chi connectivity index (χ1v) is 8.97. The van der Waals surface area contributed by atoms with E-state index in [0.29, 0.717) is 29.4 Å². The average Bonchev–Trinajstić information content (AvgIpc) is 2.89. The van der Waals surface area contributed by atoms with Crippen LogP contribution in [0.1, 0.15) is 30.3 Å². The van der Waals surface area contributed by atoms with Crippen molar-refractivity contribution in [1.82, 2.24) is 19.3 Å². The molecule has 1 aliphatic rings. The third-order valence-corrected chi connectivity index (χ3v) is 6.38. The molecule has 1 aromatic heterocycles. The molecule has 0 radical (unpaired) electrons. The van der Waals surface area contributed by atoms with E-state index < -0.39 is 16.1 Å². The summed E-state index contributed by atoms with van der Waals surface area (Å²) in [5.74, 6) is 0. The molecule has 1 unspecified atom stereocenters. The highest BCUT2D eigenvalue weighted by Gasteiger charge is 2.39. The van der Waals surface area contributed by atoms with E-state index in [2.05, 4.69) is 10.3 Å². The van der Waals surface area contributed by atoms with E-state index in [1.165, 1.54) is 4.31 Å². The van der Waals surface area contributed by atoms with Gasteiger partial charge in [0, 0.05) is 18.1 Å². The fourth-order valence-electron chi connectivity index (χ4n) is 2.45. The Labute approximate surface area is 139 Å². The molecular weight excluding hydrogens is 340 g/mol. The van der Waals surface area contributed by atoms with Gasteiger partial charge in [-0.2, -0.15) is 4.31 Å². The molecule has 3 rings (SSSR count). The maximum absolute atomic E-state index is 12.7. The highest BCUT2D eigenvalue weighted by atomic mass is 35.5. The number of aliphatic hydroxyl groups excluding tert-OH is 1. The Hall–Kier alpha value is -1.48. The zero-order chi connectivity index (χ0) is 16.8. The first-order chi connectivity index (χ1) is 10.8. The standard InChI is InChI=1S/C14H17ClN4O3S/c1-9-12(15)4-3-5-14(9)23(21,22)18-6-11(7-18)19-8-13(10(2)20)16-17-19/h3-5,8,10-11,20H,6-7H2,1-2H3. The van der Waals surface area contributed by atoms with Gasteiger partial charge < -0.3 is 5.11 Å². The molecule has 1 fully saturated rings. The van der Waals surface area contributed by atoms with Gasteiger partial charge in [-0.15, -0.1) is 5.10 Å². The van der Waals surface area contributed by atoms with Gasteiger partial charge >= 0.3 is 0 Å². The van der Waals surface area contributed by atoms with Crippen molar-refractivity contribution in [3.63, 3.8) is 0 Å². The van der Waals surface area contributed by atoms with Gasteiger partial charge in [0.2, 0.25) is 10.0 Å². The molecule has 0 amide bonds. The molecule has 0 bridgehead atoms. The van der Waals surface area contributed by atoms with Gasteiger partial charge in [-0.1, -0.05) is 22.9 Å². The molecule has 7 nitrogen and oxygen atoms in total. The monoisotopic (exact) mass is 356 g/mol. The number of nitrogens with zero attached hydrogens (tertiary/aromatic N) is 4. The lowest BCUT2D eigenvalue weighted by Gasteiger charge is -2.37. The SMILES string of the molecule is Cc1c(Cl)cccc1S(=O)(=O)N1CC(n2cc(C(C)O)nn2)C1. The Bertz CT molecular complexity index is 828. The predicted octanol–water partition coefficient (Wildman–Crippen LogP) is 1.54. The summed E-state index contributed by atoms with van der Waals surface area (Å²) in [7, 11) is -3.57. The van der Waals surface area contributed by atoms with Crippen molar-refractivity contribution < 1.29 is 13.5 Å². The van der Waals surface area contributed by atoms with Crippen molar-refractivity contribution in [1.29, 1.82) is 0 Å². The Morgan fingerprint density at radius 2 is 2.09 bits per heavy atom. The number of hydrogen-bond donors (Lipinski definition) is 1. The van der Waals surface area contributed by atoms with E-state index in [-0.39, 0.29) is 10.9 Å². The normalized spacial score (nSPS) is 17.9. The van der Waals surface area contributed by atoms with Crippen molar-refractivity contribution in [2.24, 2.45) is 0 Å². The van der Waals surface area contributed by atoms with Gasteiger partial charge in [-0.05, 0) is 31.5 Å². The fourth-order valence-corrected chi connectivity index (χ4v) is 4.44. The van der Waals surface area contributed by atoms with Gasteiger partial charge in [-0.25, -0.2) is 13.1 Å². The van der Waals surface area contributed by atoms with Gasteiger partial charge in [0.25, 0.3) is 0 Å².